The van der Waals surface area contributed by atoms with E-state index in [1.807, 2.05) is 56.3 Å². The lowest BCUT2D eigenvalue weighted by Gasteiger charge is -2.07. The smallest absolute Gasteiger partial charge is 0.251 e. The van der Waals surface area contributed by atoms with Gasteiger partial charge in [0.05, 0.1) is 11.0 Å². The number of para-hydroxylation sites is 2. The van der Waals surface area contributed by atoms with Crippen LogP contribution in [0.15, 0.2) is 42.5 Å². The van der Waals surface area contributed by atoms with E-state index in [0.29, 0.717) is 13.0 Å². The zero-order chi connectivity index (χ0) is 15.5. The number of nitrogens with zero attached hydrogens (tertiary/aromatic N) is 1. The van der Waals surface area contributed by atoms with Crippen molar-refractivity contribution in [3.05, 3.63) is 65.0 Å². The SMILES string of the molecule is Cc1ccc(C(=O)NCCc2nc3ccccc3[nH]2)c(C)c1. The van der Waals surface area contributed by atoms with Crippen LogP contribution in [0, 0.1) is 13.8 Å². The second-order valence-electron chi connectivity index (χ2n) is 5.52. The number of aromatic amines is 1. The van der Waals surface area contributed by atoms with Gasteiger partial charge in [0.2, 0.25) is 0 Å². The van der Waals surface area contributed by atoms with Crippen LogP contribution >= 0.6 is 0 Å². The molecule has 4 nitrogen and oxygen atoms in total. The molecule has 0 spiro atoms. The van der Waals surface area contributed by atoms with E-state index in [4.69, 9.17) is 0 Å². The Kier molecular flexibility index (Phi) is 3.92. The van der Waals surface area contributed by atoms with E-state index in [1.165, 1.54) is 0 Å². The Hall–Kier alpha value is -2.62. The maximum atomic E-state index is 12.2. The molecule has 4 heteroatoms. The maximum absolute atomic E-state index is 12.2. The van der Waals surface area contributed by atoms with Crippen LogP contribution in [0.4, 0.5) is 0 Å². The Morgan fingerprint density at radius 2 is 2.00 bits per heavy atom. The Morgan fingerprint density at radius 3 is 2.77 bits per heavy atom. The van der Waals surface area contributed by atoms with Crippen molar-refractivity contribution in [2.75, 3.05) is 6.54 Å². The van der Waals surface area contributed by atoms with Gasteiger partial charge in [-0.05, 0) is 37.6 Å². The van der Waals surface area contributed by atoms with Crippen molar-refractivity contribution in [2.24, 2.45) is 0 Å². The second kappa shape index (κ2) is 6.02. The number of nitrogens with one attached hydrogen (secondary N) is 2. The standard InChI is InChI=1S/C18H19N3O/c1-12-7-8-14(13(2)11-12)18(22)19-10-9-17-20-15-5-3-4-6-16(15)21-17/h3-8,11H,9-10H2,1-2H3,(H,19,22)(H,20,21). The topological polar surface area (TPSA) is 57.8 Å². The van der Waals surface area contributed by atoms with E-state index in [1.54, 1.807) is 0 Å². The Labute approximate surface area is 129 Å². The van der Waals surface area contributed by atoms with Crippen LogP contribution in [0.2, 0.25) is 0 Å². The number of hydrogen-bond donors (Lipinski definition) is 2. The number of carbonyl (C=O) groups is 1. The fourth-order valence-electron chi connectivity index (χ4n) is 2.58. The molecule has 22 heavy (non-hydrogen) atoms. The van der Waals surface area contributed by atoms with Crippen LogP contribution in [0.1, 0.15) is 27.3 Å². The highest BCUT2D eigenvalue weighted by Gasteiger charge is 2.09. The van der Waals surface area contributed by atoms with Crippen molar-refractivity contribution in [1.82, 2.24) is 15.3 Å². The molecule has 2 N–H and O–H groups in total. The fraction of sp³-hybridized carbons (Fsp3) is 0.222. The third kappa shape index (κ3) is 3.01. The minimum absolute atomic E-state index is 0.0337. The van der Waals surface area contributed by atoms with Crippen LogP contribution in [0.25, 0.3) is 11.0 Å². The zero-order valence-electron chi connectivity index (χ0n) is 12.8. The van der Waals surface area contributed by atoms with Gasteiger partial charge in [-0.15, -0.1) is 0 Å². The van der Waals surface area contributed by atoms with Crippen LogP contribution < -0.4 is 5.32 Å². The molecule has 2 aromatic carbocycles. The highest BCUT2D eigenvalue weighted by molar-refractivity contribution is 5.95. The molecule has 112 valence electrons. The Balaban J connectivity index is 1.61. The van der Waals surface area contributed by atoms with Gasteiger partial charge in [0, 0.05) is 18.5 Å². The highest BCUT2D eigenvalue weighted by atomic mass is 16.1. The van der Waals surface area contributed by atoms with E-state index >= 15 is 0 Å². The summed E-state index contributed by atoms with van der Waals surface area (Å²) >= 11 is 0. The molecule has 0 fully saturated rings. The maximum Gasteiger partial charge on any atom is 0.251 e. The van der Waals surface area contributed by atoms with Crippen LogP contribution in [-0.2, 0) is 6.42 Å². The van der Waals surface area contributed by atoms with Crippen LogP contribution in [-0.4, -0.2) is 22.4 Å². The van der Waals surface area contributed by atoms with Crippen LogP contribution in [0.5, 0.6) is 0 Å². The number of aromatic nitrogens is 2. The van der Waals surface area contributed by atoms with Gasteiger partial charge in [-0.3, -0.25) is 4.79 Å². The van der Waals surface area contributed by atoms with Gasteiger partial charge in [0.25, 0.3) is 5.91 Å². The van der Waals surface area contributed by atoms with Gasteiger partial charge in [0.1, 0.15) is 5.82 Å². The van der Waals surface area contributed by atoms with E-state index < -0.39 is 0 Å². The lowest BCUT2D eigenvalue weighted by Crippen LogP contribution is -2.26. The number of imidazole rings is 1. The predicted octanol–water partition coefficient (Wildman–Crippen LogP) is 3.15. The molecule has 0 bridgehead atoms. The highest BCUT2D eigenvalue weighted by Crippen LogP contribution is 2.11. The molecule has 0 unspecified atom stereocenters. The first-order valence-corrected chi connectivity index (χ1v) is 7.42. The zero-order valence-corrected chi connectivity index (χ0v) is 12.8. The molecule has 0 radical (unpaired) electrons. The third-order valence-electron chi connectivity index (χ3n) is 3.71. The number of rotatable bonds is 4. The van der Waals surface area contributed by atoms with Crippen molar-refractivity contribution < 1.29 is 4.79 Å². The molecule has 0 atom stereocenters. The number of fused-ring (bicyclic) bond motifs is 1. The van der Waals surface area contributed by atoms with Crippen LogP contribution in [0.3, 0.4) is 0 Å². The van der Waals surface area contributed by atoms with Crippen molar-refractivity contribution >= 4 is 16.9 Å². The Bertz CT molecular complexity index is 787. The van der Waals surface area contributed by atoms with E-state index in [0.717, 1.165) is 33.5 Å². The van der Waals surface area contributed by atoms with Crippen molar-refractivity contribution in [2.45, 2.75) is 20.3 Å². The summed E-state index contributed by atoms with van der Waals surface area (Å²) < 4.78 is 0. The lowest BCUT2D eigenvalue weighted by molar-refractivity contribution is 0.0953. The molecule has 0 saturated carbocycles. The average Bonchev–Trinajstić information content (AvgIpc) is 2.89. The fourth-order valence-corrected chi connectivity index (χ4v) is 2.58. The molecular weight excluding hydrogens is 274 g/mol. The van der Waals surface area contributed by atoms with E-state index in [2.05, 4.69) is 15.3 Å². The molecule has 0 aliphatic heterocycles. The summed E-state index contributed by atoms with van der Waals surface area (Å²) in [4.78, 5) is 20.0. The van der Waals surface area contributed by atoms with Gasteiger partial charge in [0.15, 0.2) is 0 Å². The molecule has 0 saturated heterocycles. The number of amides is 1. The molecular formula is C18H19N3O. The number of aryl methyl sites for hydroxylation is 2. The number of benzene rings is 2. The molecule has 0 aliphatic carbocycles. The van der Waals surface area contributed by atoms with Gasteiger partial charge in [-0.25, -0.2) is 4.98 Å². The quantitative estimate of drug-likeness (QED) is 0.776. The van der Waals surface area contributed by atoms with Crippen molar-refractivity contribution in [1.29, 1.82) is 0 Å². The first-order valence-electron chi connectivity index (χ1n) is 7.42. The summed E-state index contributed by atoms with van der Waals surface area (Å²) in [6, 6.07) is 13.8. The second-order valence-corrected chi connectivity index (χ2v) is 5.52. The summed E-state index contributed by atoms with van der Waals surface area (Å²) in [6.07, 6.45) is 0.686. The summed E-state index contributed by atoms with van der Waals surface area (Å²) in [5, 5.41) is 2.95. The molecule has 1 amide bonds. The minimum atomic E-state index is -0.0337. The lowest BCUT2D eigenvalue weighted by atomic mass is 10.1. The third-order valence-corrected chi connectivity index (χ3v) is 3.71. The minimum Gasteiger partial charge on any atom is -0.352 e. The predicted molar refractivity (Wildman–Crippen MR) is 88.0 cm³/mol. The molecule has 3 aromatic rings. The van der Waals surface area contributed by atoms with Gasteiger partial charge in [-0.1, -0.05) is 29.8 Å². The van der Waals surface area contributed by atoms with Gasteiger partial charge >= 0.3 is 0 Å². The number of carbonyl (C=O) groups excluding carboxylic acids is 1. The number of hydrogen-bond acceptors (Lipinski definition) is 2. The van der Waals surface area contributed by atoms with Crippen molar-refractivity contribution in [3.63, 3.8) is 0 Å². The molecule has 3 rings (SSSR count). The summed E-state index contributed by atoms with van der Waals surface area (Å²) in [6.45, 7) is 4.55. The van der Waals surface area contributed by atoms with Crippen molar-refractivity contribution in [3.8, 4) is 0 Å². The largest absolute Gasteiger partial charge is 0.352 e. The number of H-pyrrole nitrogens is 1. The van der Waals surface area contributed by atoms with Gasteiger partial charge in [-0.2, -0.15) is 0 Å². The monoisotopic (exact) mass is 293 g/mol. The molecule has 1 heterocycles. The first-order chi connectivity index (χ1) is 10.6. The average molecular weight is 293 g/mol. The summed E-state index contributed by atoms with van der Waals surface area (Å²) in [7, 11) is 0. The van der Waals surface area contributed by atoms with E-state index in [-0.39, 0.29) is 5.91 Å². The van der Waals surface area contributed by atoms with Gasteiger partial charge < -0.3 is 10.3 Å². The summed E-state index contributed by atoms with van der Waals surface area (Å²) in [5.74, 6) is 0.857. The molecule has 0 aliphatic rings. The molecule has 1 aromatic heterocycles. The normalized spacial score (nSPS) is 10.8. The summed E-state index contributed by atoms with van der Waals surface area (Å²) in [5.41, 5.74) is 4.88. The Morgan fingerprint density at radius 1 is 1.18 bits per heavy atom. The first kappa shape index (κ1) is 14.3. The van der Waals surface area contributed by atoms with E-state index in [9.17, 15) is 4.79 Å².